The average molecular weight is 228 g/mol. The summed E-state index contributed by atoms with van der Waals surface area (Å²) in [5, 5.41) is 12.7. The Balaban J connectivity index is 2.06. The van der Waals surface area contributed by atoms with Gasteiger partial charge in [0.15, 0.2) is 0 Å². The van der Waals surface area contributed by atoms with Crippen molar-refractivity contribution in [3.8, 4) is 0 Å². The van der Waals surface area contributed by atoms with E-state index in [0.29, 0.717) is 12.0 Å². The number of nitrogens with zero attached hydrogens (tertiary/aromatic N) is 1. The minimum Gasteiger partial charge on any atom is -0.393 e. The van der Waals surface area contributed by atoms with E-state index in [1.165, 1.54) is 0 Å². The first-order chi connectivity index (χ1) is 7.47. The molecule has 0 amide bonds. The van der Waals surface area contributed by atoms with Gasteiger partial charge in [0.2, 0.25) is 0 Å². The van der Waals surface area contributed by atoms with Gasteiger partial charge in [0.1, 0.15) is 0 Å². The Labute approximate surface area is 100 Å². The summed E-state index contributed by atoms with van der Waals surface area (Å²) < 4.78 is 0. The van der Waals surface area contributed by atoms with Crippen molar-refractivity contribution >= 4 is 0 Å². The summed E-state index contributed by atoms with van der Waals surface area (Å²) in [4.78, 5) is 2.41. The topological polar surface area (TPSA) is 35.5 Å². The van der Waals surface area contributed by atoms with Crippen LogP contribution in [0.2, 0.25) is 0 Å². The summed E-state index contributed by atoms with van der Waals surface area (Å²) >= 11 is 0. The highest BCUT2D eigenvalue weighted by atomic mass is 16.3. The van der Waals surface area contributed by atoms with E-state index in [0.717, 1.165) is 38.4 Å². The molecule has 1 fully saturated rings. The fourth-order valence-corrected chi connectivity index (χ4v) is 2.40. The summed E-state index contributed by atoms with van der Waals surface area (Å²) in [7, 11) is 2.19. The summed E-state index contributed by atoms with van der Waals surface area (Å²) in [5.41, 5.74) is 0. The Morgan fingerprint density at radius 2 is 1.94 bits per heavy atom. The second-order valence-corrected chi connectivity index (χ2v) is 5.88. The second-order valence-electron chi connectivity index (χ2n) is 5.88. The van der Waals surface area contributed by atoms with Crippen molar-refractivity contribution in [2.45, 2.75) is 45.8 Å². The van der Waals surface area contributed by atoms with E-state index in [1.54, 1.807) is 0 Å². The standard InChI is InChI=1S/C13H28N2O/c1-10(2)14-7-11(3)8-15(4)9-12-5-13(16)6-12/h10-14,16H,5-9H2,1-4H3. The lowest BCUT2D eigenvalue weighted by molar-refractivity contribution is 0.0267. The molecule has 0 aromatic carbocycles. The van der Waals surface area contributed by atoms with Crippen LogP contribution in [0.4, 0.5) is 0 Å². The lowest BCUT2D eigenvalue weighted by Gasteiger charge is -2.35. The van der Waals surface area contributed by atoms with E-state index in [-0.39, 0.29) is 6.10 Å². The third-order valence-corrected chi connectivity index (χ3v) is 3.28. The third-order valence-electron chi connectivity index (χ3n) is 3.28. The first-order valence-corrected chi connectivity index (χ1v) is 6.57. The van der Waals surface area contributed by atoms with Crippen LogP contribution in [0.1, 0.15) is 33.6 Å². The SMILES string of the molecule is CC(CNC(C)C)CN(C)CC1CC(O)C1. The van der Waals surface area contributed by atoms with E-state index >= 15 is 0 Å². The van der Waals surface area contributed by atoms with Gasteiger partial charge in [0.25, 0.3) is 0 Å². The van der Waals surface area contributed by atoms with Gasteiger partial charge < -0.3 is 15.3 Å². The van der Waals surface area contributed by atoms with Crippen molar-refractivity contribution in [2.75, 3.05) is 26.7 Å². The number of rotatable bonds is 7. The minimum atomic E-state index is -0.0153. The van der Waals surface area contributed by atoms with Gasteiger partial charge >= 0.3 is 0 Å². The molecule has 3 heteroatoms. The number of aliphatic hydroxyl groups is 1. The van der Waals surface area contributed by atoms with Crippen LogP contribution >= 0.6 is 0 Å². The molecule has 0 aromatic rings. The molecule has 0 radical (unpaired) electrons. The second kappa shape index (κ2) is 6.58. The van der Waals surface area contributed by atoms with Crippen LogP contribution in [0.15, 0.2) is 0 Å². The third kappa shape index (κ3) is 5.28. The molecule has 1 aliphatic rings. The first kappa shape index (κ1) is 13.9. The number of hydrogen-bond acceptors (Lipinski definition) is 3. The van der Waals surface area contributed by atoms with E-state index in [9.17, 15) is 5.11 Å². The van der Waals surface area contributed by atoms with Crippen LogP contribution in [0.25, 0.3) is 0 Å². The highest BCUT2D eigenvalue weighted by molar-refractivity contribution is 4.80. The van der Waals surface area contributed by atoms with Crippen molar-refractivity contribution in [1.29, 1.82) is 0 Å². The van der Waals surface area contributed by atoms with Crippen molar-refractivity contribution in [1.82, 2.24) is 10.2 Å². The largest absolute Gasteiger partial charge is 0.393 e. The minimum absolute atomic E-state index is 0.0153. The highest BCUT2D eigenvalue weighted by Crippen LogP contribution is 2.27. The van der Waals surface area contributed by atoms with Crippen LogP contribution in [-0.2, 0) is 0 Å². The van der Waals surface area contributed by atoms with Gasteiger partial charge in [-0.25, -0.2) is 0 Å². The van der Waals surface area contributed by atoms with Gasteiger partial charge in [-0.3, -0.25) is 0 Å². The maximum Gasteiger partial charge on any atom is 0.0546 e. The molecule has 1 saturated carbocycles. The zero-order chi connectivity index (χ0) is 12.1. The number of hydrogen-bond donors (Lipinski definition) is 2. The van der Waals surface area contributed by atoms with Gasteiger partial charge in [-0.15, -0.1) is 0 Å². The molecule has 1 unspecified atom stereocenters. The molecule has 2 N–H and O–H groups in total. The average Bonchev–Trinajstić information content (AvgIpc) is 2.12. The van der Waals surface area contributed by atoms with Crippen LogP contribution in [0.5, 0.6) is 0 Å². The Bertz CT molecular complexity index is 190. The Hall–Kier alpha value is -0.120. The molecule has 0 spiro atoms. The van der Waals surface area contributed by atoms with E-state index in [2.05, 4.69) is 38.0 Å². The molecule has 1 aliphatic carbocycles. The number of nitrogens with one attached hydrogen (secondary N) is 1. The lowest BCUT2D eigenvalue weighted by Crippen LogP contribution is -2.40. The zero-order valence-electron chi connectivity index (χ0n) is 11.2. The van der Waals surface area contributed by atoms with E-state index in [4.69, 9.17) is 0 Å². The van der Waals surface area contributed by atoms with Crippen molar-refractivity contribution in [2.24, 2.45) is 11.8 Å². The molecular formula is C13H28N2O. The molecule has 16 heavy (non-hydrogen) atoms. The summed E-state index contributed by atoms with van der Waals surface area (Å²) in [6.45, 7) is 10.0. The highest BCUT2D eigenvalue weighted by Gasteiger charge is 2.27. The molecular weight excluding hydrogens is 200 g/mol. The fraction of sp³-hybridized carbons (Fsp3) is 1.00. The van der Waals surface area contributed by atoms with Crippen molar-refractivity contribution in [3.63, 3.8) is 0 Å². The van der Waals surface area contributed by atoms with Crippen molar-refractivity contribution in [3.05, 3.63) is 0 Å². The molecule has 0 bridgehead atoms. The summed E-state index contributed by atoms with van der Waals surface area (Å²) in [6, 6.07) is 0.578. The fourth-order valence-electron chi connectivity index (χ4n) is 2.40. The molecule has 0 saturated heterocycles. The summed E-state index contributed by atoms with van der Waals surface area (Å²) in [6.07, 6.45) is 1.99. The molecule has 0 aliphatic heterocycles. The zero-order valence-corrected chi connectivity index (χ0v) is 11.2. The smallest absolute Gasteiger partial charge is 0.0546 e. The first-order valence-electron chi connectivity index (χ1n) is 6.57. The predicted octanol–water partition coefficient (Wildman–Crippen LogP) is 1.32. The Kier molecular flexibility index (Phi) is 5.73. The van der Waals surface area contributed by atoms with Crippen molar-refractivity contribution < 1.29 is 5.11 Å². The molecule has 0 heterocycles. The molecule has 0 aromatic heterocycles. The maximum absolute atomic E-state index is 9.23. The van der Waals surface area contributed by atoms with Gasteiger partial charge in [0, 0.05) is 19.1 Å². The quantitative estimate of drug-likeness (QED) is 0.690. The predicted molar refractivity (Wildman–Crippen MR) is 68.5 cm³/mol. The maximum atomic E-state index is 9.23. The van der Waals surface area contributed by atoms with E-state index < -0.39 is 0 Å². The van der Waals surface area contributed by atoms with Gasteiger partial charge in [-0.1, -0.05) is 20.8 Å². The molecule has 3 nitrogen and oxygen atoms in total. The van der Waals surface area contributed by atoms with Gasteiger partial charge in [0.05, 0.1) is 6.10 Å². The van der Waals surface area contributed by atoms with E-state index in [1.807, 2.05) is 0 Å². The van der Waals surface area contributed by atoms with Crippen LogP contribution in [0.3, 0.4) is 0 Å². The van der Waals surface area contributed by atoms with Gasteiger partial charge in [-0.2, -0.15) is 0 Å². The Morgan fingerprint density at radius 1 is 1.31 bits per heavy atom. The summed E-state index contributed by atoms with van der Waals surface area (Å²) in [5.74, 6) is 1.42. The molecule has 1 rings (SSSR count). The number of aliphatic hydroxyl groups excluding tert-OH is 1. The lowest BCUT2D eigenvalue weighted by atomic mass is 9.82. The van der Waals surface area contributed by atoms with Crippen LogP contribution < -0.4 is 5.32 Å². The molecule has 1 atom stereocenters. The normalized spacial score (nSPS) is 27.2. The van der Waals surface area contributed by atoms with Crippen LogP contribution in [-0.4, -0.2) is 48.8 Å². The Morgan fingerprint density at radius 3 is 2.44 bits per heavy atom. The monoisotopic (exact) mass is 228 g/mol. The van der Waals surface area contributed by atoms with Gasteiger partial charge in [-0.05, 0) is 38.3 Å². The van der Waals surface area contributed by atoms with Crippen LogP contribution in [0, 0.1) is 11.8 Å². The molecule has 96 valence electrons.